The van der Waals surface area contributed by atoms with Crippen LogP contribution in [0.25, 0.3) is 11.0 Å². The van der Waals surface area contributed by atoms with Gasteiger partial charge in [0, 0.05) is 22.4 Å². The predicted octanol–water partition coefficient (Wildman–Crippen LogP) is 5.77. The number of carbonyl (C=O) groups is 1. The zero-order valence-electron chi connectivity index (χ0n) is 17.6. The average molecular weight is 411 g/mol. The molecule has 29 heavy (non-hydrogen) atoms. The number of furan rings is 1. The van der Waals surface area contributed by atoms with Gasteiger partial charge in [0.1, 0.15) is 5.58 Å². The van der Waals surface area contributed by atoms with Crippen LogP contribution in [-0.2, 0) is 0 Å². The van der Waals surface area contributed by atoms with Gasteiger partial charge in [-0.2, -0.15) is 0 Å². The second-order valence-electron chi connectivity index (χ2n) is 8.20. The van der Waals surface area contributed by atoms with Crippen molar-refractivity contribution in [2.45, 2.75) is 52.5 Å². The van der Waals surface area contributed by atoms with Crippen molar-refractivity contribution in [3.63, 3.8) is 0 Å². The van der Waals surface area contributed by atoms with Gasteiger partial charge in [-0.15, -0.1) is 11.3 Å². The lowest BCUT2D eigenvalue weighted by atomic mass is 10.0. The number of thiophene rings is 1. The molecule has 5 heteroatoms. The van der Waals surface area contributed by atoms with Crippen LogP contribution >= 0.6 is 11.3 Å². The Morgan fingerprint density at radius 2 is 1.93 bits per heavy atom. The third-order valence-electron chi connectivity index (χ3n) is 5.99. The Balaban J connectivity index is 1.54. The molecule has 1 fully saturated rings. The highest BCUT2D eigenvalue weighted by Gasteiger charge is 2.25. The highest BCUT2D eigenvalue weighted by molar-refractivity contribution is 7.10. The van der Waals surface area contributed by atoms with Crippen molar-refractivity contribution in [3.8, 4) is 0 Å². The number of hydrogen-bond donors (Lipinski definition) is 1. The number of rotatable bonds is 5. The first-order chi connectivity index (χ1) is 14.0. The van der Waals surface area contributed by atoms with Crippen LogP contribution in [0.15, 0.2) is 34.1 Å². The van der Waals surface area contributed by atoms with E-state index in [1.165, 1.54) is 30.6 Å². The second kappa shape index (κ2) is 8.72. The lowest BCUT2D eigenvalue weighted by Crippen LogP contribution is -2.38. The van der Waals surface area contributed by atoms with Crippen molar-refractivity contribution in [1.29, 1.82) is 0 Å². The lowest BCUT2D eigenvalue weighted by molar-refractivity contribution is 0.0907. The van der Waals surface area contributed by atoms with E-state index in [2.05, 4.69) is 47.6 Å². The number of nitrogens with zero attached hydrogens (tertiary/aromatic N) is 1. The molecule has 0 bridgehead atoms. The van der Waals surface area contributed by atoms with Gasteiger partial charge in [-0.3, -0.25) is 9.69 Å². The third kappa shape index (κ3) is 4.26. The molecule has 4 rings (SSSR count). The lowest BCUT2D eigenvalue weighted by Gasteiger charge is -2.30. The fourth-order valence-corrected chi connectivity index (χ4v) is 5.43. The van der Waals surface area contributed by atoms with E-state index in [9.17, 15) is 4.79 Å². The number of amides is 1. The summed E-state index contributed by atoms with van der Waals surface area (Å²) < 4.78 is 5.99. The van der Waals surface area contributed by atoms with Crippen LogP contribution in [-0.4, -0.2) is 30.4 Å². The smallest absolute Gasteiger partial charge is 0.287 e. The molecule has 1 saturated heterocycles. The van der Waals surface area contributed by atoms with Gasteiger partial charge < -0.3 is 9.73 Å². The first-order valence-corrected chi connectivity index (χ1v) is 11.5. The van der Waals surface area contributed by atoms with Crippen LogP contribution in [0.4, 0.5) is 0 Å². The summed E-state index contributed by atoms with van der Waals surface area (Å²) in [5.41, 5.74) is 4.03. The molecule has 0 spiro atoms. The van der Waals surface area contributed by atoms with Gasteiger partial charge in [-0.05, 0) is 75.3 Å². The number of hydrogen-bond acceptors (Lipinski definition) is 4. The Kier molecular flexibility index (Phi) is 6.07. The zero-order chi connectivity index (χ0) is 20.4. The van der Waals surface area contributed by atoms with Gasteiger partial charge >= 0.3 is 0 Å². The van der Waals surface area contributed by atoms with Crippen LogP contribution in [0, 0.1) is 20.8 Å². The molecule has 1 aliphatic rings. The highest BCUT2D eigenvalue weighted by Crippen LogP contribution is 2.30. The topological polar surface area (TPSA) is 45.5 Å². The van der Waals surface area contributed by atoms with Crippen molar-refractivity contribution in [2.75, 3.05) is 19.6 Å². The fourth-order valence-electron chi connectivity index (χ4n) is 4.57. The summed E-state index contributed by atoms with van der Waals surface area (Å²) >= 11 is 1.77. The minimum Gasteiger partial charge on any atom is -0.451 e. The van der Waals surface area contributed by atoms with Crippen molar-refractivity contribution in [3.05, 3.63) is 57.0 Å². The van der Waals surface area contributed by atoms with Gasteiger partial charge in [-0.1, -0.05) is 25.0 Å². The molecule has 4 nitrogen and oxygen atoms in total. The standard InChI is InChI=1S/C24H30N2O2S/c1-16-13-17(2)22-18(3)23(28-20(22)14-16)24(27)25-15-19(21-9-8-12-29-21)26-10-6-4-5-7-11-26/h8-9,12-14,19H,4-7,10-11,15H2,1-3H3,(H,25,27)/t19-/m0/s1. The number of carbonyl (C=O) groups excluding carboxylic acids is 1. The summed E-state index contributed by atoms with van der Waals surface area (Å²) in [5, 5.41) is 6.35. The van der Waals surface area contributed by atoms with Crippen molar-refractivity contribution in [2.24, 2.45) is 0 Å². The normalized spacial score (nSPS) is 16.7. The van der Waals surface area contributed by atoms with E-state index in [0.717, 1.165) is 40.7 Å². The summed E-state index contributed by atoms with van der Waals surface area (Å²) in [6.07, 6.45) is 5.07. The second-order valence-corrected chi connectivity index (χ2v) is 9.18. The third-order valence-corrected chi connectivity index (χ3v) is 6.96. The summed E-state index contributed by atoms with van der Waals surface area (Å²) in [5.74, 6) is 0.321. The Bertz CT molecular complexity index is 982. The molecule has 0 radical (unpaired) electrons. The molecule has 3 aromatic rings. The van der Waals surface area contributed by atoms with Crippen molar-refractivity contribution in [1.82, 2.24) is 10.2 Å². The molecule has 3 heterocycles. The Labute approximate surface area is 176 Å². The molecular formula is C24H30N2O2S. The molecular weight excluding hydrogens is 380 g/mol. The van der Waals surface area contributed by atoms with E-state index >= 15 is 0 Å². The summed E-state index contributed by atoms with van der Waals surface area (Å²) in [7, 11) is 0. The molecule has 1 aliphatic heterocycles. The summed E-state index contributed by atoms with van der Waals surface area (Å²) in [6.45, 7) is 8.91. The van der Waals surface area contributed by atoms with Crippen molar-refractivity contribution < 1.29 is 9.21 Å². The molecule has 2 aromatic heterocycles. The van der Waals surface area contributed by atoms with E-state index in [0.29, 0.717) is 12.3 Å². The largest absolute Gasteiger partial charge is 0.451 e. The van der Waals surface area contributed by atoms with Crippen molar-refractivity contribution >= 4 is 28.2 Å². The Morgan fingerprint density at radius 3 is 2.62 bits per heavy atom. The maximum atomic E-state index is 13.0. The quantitative estimate of drug-likeness (QED) is 0.581. The monoisotopic (exact) mass is 410 g/mol. The number of aryl methyl sites for hydroxylation is 3. The van der Waals surface area contributed by atoms with E-state index < -0.39 is 0 Å². The maximum Gasteiger partial charge on any atom is 0.287 e. The van der Waals surface area contributed by atoms with E-state index in [4.69, 9.17) is 4.42 Å². The fraction of sp³-hybridized carbons (Fsp3) is 0.458. The minimum absolute atomic E-state index is 0.118. The highest BCUT2D eigenvalue weighted by atomic mass is 32.1. The molecule has 1 amide bonds. The Hall–Kier alpha value is -2.11. The number of nitrogens with one attached hydrogen (secondary N) is 1. The molecule has 0 aliphatic carbocycles. The number of likely N-dealkylation sites (tertiary alicyclic amines) is 1. The summed E-state index contributed by atoms with van der Waals surface area (Å²) in [6, 6.07) is 8.66. The SMILES string of the molecule is Cc1cc(C)c2c(C)c(C(=O)NC[C@@H](c3cccs3)N3CCCCCC3)oc2c1. The molecule has 1 aromatic carbocycles. The van der Waals surface area contributed by atoms with Crippen LogP contribution in [0.3, 0.4) is 0 Å². The first kappa shape index (κ1) is 20.2. The van der Waals surface area contributed by atoms with Crippen LogP contribution in [0.2, 0.25) is 0 Å². The van der Waals surface area contributed by atoms with Gasteiger partial charge in [-0.25, -0.2) is 0 Å². The van der Waals surface area contributed by atoms with Gasteiger partial charge in [0.05, 0.1) is 6.04 Å². The summed E-state index contributed by atoms with van der Waals surface area (Å²) in [4.78, 5) is 16.9. The van der Waals surface area contributed by atoms with E-state index in [1.54, 1.807) is 11.3 Å². The molecule has 154 valence electrons. The van der Waals surface area contributed by atoms with E-state index in [1.807, 2.05) is 13.0 Å². The van der Waals surface area contributed by atoms with E-state index in [-0.39, 0.29) is 11.9 Å². The molecule has 0 saturated carbocycles. The van der Waals surface area contributed by atoms with Crippen LogP contribution < -0.4 is 5.32 Å². The Morgan fingerprint density at radius 1 is 1.17 bits per heavy atom. The van der Waals surface area contributed by atoms with Crippen LogP contribution in [0.1, 0.15) is 63.8 Å². The average Bonchev–Trinajstić information content (AvgIpc) is 3.23. The van der Waals surface area contributed by atoms with Gasteiger partial charge in [0.2, 0.25) is 0 Å². The van der Waals surface area contributed by atoms with Gasteiger partial charge in [0.15, 0.2) is 5.76 Å². The predicted molar refractivity (Wildman–Crippen MR) is 120 cm³/mol. The first-order valence-electron chi connectivity index (χ1n) is 10.6. The number of fused-ring (bicyclic) bond motifs is 1. The molecule has 1 atom stereocenters. The zero-order valence-corrected chi connectivity index (χ0v) is 18.4. The number of benzene rings is 1. The van der Waals surface area contributed by atoms with Crippen LogP contribution in [0.5, 0.6) is 0 Å². The molecule has 1 N–H and O–H groups in total. The van der Waals surface area contributed by atoms with Gasteiger partial charge in [0.25, 0.3) is 5.91 Å². The minimum atomic E-state index is -0.118. The molecule has 0 unspecified atom stereocenters. The maximum absolute atomic E-state index is 13.0.